The normalized spacial score (nSPS) is 11.4. The van der Waals surface area contributed by atoms with Gasteiger partial charge in [-0.15, -0.1) is 0 Å². The minimum Gasteiger partial charge on any atom is -0.0622 e. The highest BCUT2D eigenvalue weighted by Gasteiger charge is 2.17. The Kier molecular flexibility index (Phi) is 6.12. The molecule has 0 unspecified atom stereocenters. The second-order valence-electron chi connectivity index (χ2n) is 11.4. The first-order valence-electron chi connectivity index (χ1n) is 14.9. The molecule has 0 N–H and O–H groups in total. The molecule has 8 rings (SSSR count). The highest BCUT2D eigenvalue weighted by Crippen LogP contribution is 2.44. The van der Waals surface area contributed by atoms with Gasteiger partial charge in [0.15, 0.2) is 0 Å². The van der Waals surface area contributed by atoms with Gasteiger partial charge in [0, 0.05) is 0 Å². The van der Waals surface area contributed by atoms with Gasteiger partial charge in [-0.3, -0.25) is 0 Å². The summed E-state index contributed by atoms with van der Waals surface area (Å²) in [7, 11) is 0. The van der Waals surface area contributed by atoms with Crippen molar-refractivity contribution < 1.29 is 0 Å². The van der Waals surface area contributed by atoms with Gasteiger partial charge in [0.05, 0.1) is 0 Å². The monoisotopic (exact) mass is 546 g/mol. The molecule has 0 atom stereocenters. The molecule has 8 aromatic rings. The van der Waals surface area contributed by atoms with Gasteiger partial charge in [-0.2, -0.15) is 0 Å². The van der Waals surface area contributed by atoms with Crippen LogP contribution in [0.3, 0.4) is 0 Å². The molecule has 0 saturated heterocycles. The first-order valence-corrected chi connectivity index (χ1v) is 14.9. The van der Waals surface area contributed by atoms with E-state index >= 15 is 0 Å². The molecule has 0 heteroatoms. The Balaban J connectivity index is 1.38. The molecule has 0 amide bonds. The second kappa shape index (κ2) is 10.4. The van der Waals surface area contributed by atoms with Crippen LogP contribution in [0.15, 0.2) is 164 Å². The van der Waals surface area contributed by atoms with Crippen molar-refractivity contribution in [1.29, 1.82) is 0 Å². The zero-order valence-corrected chi connectivity index (χ0v) is 24.1. The average molecular weight is 547 g/mol. The van der Waals surface area contributed by atoms with E-state index in [0.29, 0.717) is 0 Å². The Morgan fingerprint density at radius 1 is 0.302 bits per heavy atom. The van der Waals surface area contributed by atoms with E-state index in [1.54, 1.807) is 0 Å². The molecule has 0 aliphatic carbocycles. The Bertz CT molecular complexity index is 2210. The molecular formula is C43H30. The lowest BCUT2D eigenvalue weighted by Gasteiger charge is -2.18. The van der Waals surface area contributed by atoms with Crippen molar-refractivity contribution in [2.24, 2.45) is 0 Å². The lowest BCUT2D eigenvalue weighted by molar-refractivity contribution is 1.47. The lowest BCUT2D eigenvalue weighted by atomic mass is 9.85. The fourth-order valence-electron chi connectivity index (χ4n) is 6.65. The third kappa shape index (κ3) is 4.40. The Labute approximate surface area is 252 Å². The van der Waals surface area contributed by atoms with E-state index in [1.165, 1.54) is 82.4 Å². The van der Waals surface area contributed by atoms with E-state index in [2.05, 4.69) is 171 Å². The lowest BCUT2D eigenvalue weighted by Crippen LogP contribution is -1.91. The zero-order chi connectivity index (χ0) is 28.8. The summed E-state index contributed by atoms with van der Waals surface area (Å²) in [5, 5.41) is 7.63. The topological polar surface area (TPSA) is 0 Å². The standard InChI is InChI=1S/C43H30/c1-29-21-23-32(24-22-29)42-37-16-5-7-18-39(37)43(40-19-8-6-17-38(40)42)35-26-25-31-13-10-20-36(41(31)28-35)34-15-9-14-33(27-34)30-11-3-2-4-12-30/h2-28H,1H3. The van der Waals surface area contributed by atoms with Crippen LogP contribution in [0.4, 0.5) is 0 Å². The van der Waals surface area contributed by atoms with Crippen LogP contribution < -0.4 is 0 Å². The Morgan fingerprint density at radius 3 is 1.51 bits per heavy atom. The third-order valence-electron chi connectivity index (χ3n) is 8.72. The van der Waals surface area contributed by atoms with Crippen molar-refractivity contribution in [3.8, 4) is 44.5 Å². The second-order valence-corrected chi connectivity index (χ2v) is 11.4. The van der Waals surface area contributed by atoms with Crippen molar-refractivity contribution >= 4 is 32.3 Å². The smallest absolute Gasteiger partial charge is 0.00261 e. The highest BCUT2D eigenvalue weighted by molar-refractivity contribution is 6.22. The zero-order valence-electron chi connectivity index (χ0n) is 24.1. The molecule has 0 bridgehead atoms. The summed E-state index contributed by atoms with van der Waals surface area (Å²) in [4.78, 5) is 0. The molecular weight excluding hydrogens is 516 g/mol. The fraction of sp³-hybridized carbons (Fsp3) is 0.0233. The van der Waals surface area contributed by atoms with Crippen molar-refractivity contribution in [3.05, 3.63) is 169 Å². The van der Waals surface area contributed by atoms with Crippen LogP contribution in [-0.2, 0) is 0 Å². The van der Waals surface area contributed by atoms with Crippen LogP contribution in [0, 0.1) is 6.92 Å². The number of benzene rings is 8. The minimum atomic E-state index is 1.23. The summed E-state index contributed by atoms with van der Waals surface area (Å²) in [5.41, 5.74) is 11.3. The number of fused-ring (bicyclic) bond motifs is 3. The van der Waals surface area contributed by atoms with Gasteiger partial charge in [0.2, 0.25) is 0 Å². The molecule has 43 heavy (non-hydrogen) atoms. The molecule has 8 aromatic carbocycles. The molecule has 0 aliphatic heterocycles. The molecule has 202 valence electrons. The van der Waals surface area contributed by atoms with Gasteiger partial charge in [-0.1, -0.05) is 157 Å². The summed E-state index contributed by atoms with van der Waals surface area (Å²) in [6.07, 6.45) is 0. The van der Waals surface area contributed by atoms with E-state index in [0.717, 1.165) is 0 Å². The highest BCUT2D eigenvalue weighted by atomic mass is 14.2. The van der Waals surface area contributed by atoms with Crippen LogP contribution in [0.5, 0.6) is 0 Å². The quantitative estimate of drug-likeness (QED) is 0.193. The number of hydrogen-bond donors (Lipinski definition) is 0. The molecule has 0 saturated carbocycles. The SMILES string of the molecule is Cc1ccc(-c2c3ccccc3c(-c3ccc4cccc(-c5cccc(-c6ccccc6)c5)c4c3)c3ccccc23)cc1. The van der Waals surface area contributed by atoms with Crippen molar-refractivity contribution in [1.82, 2.24) is 0 Å². The molecule has 0 spiro atoms. The van der Waals surface area contributed by atoms with Crippen molar-refractivity contribution in [2.45, 2.75) is 6.92 Å². The molecule has 0 heterocycles. The van der Waals surface area contributed by atoms with Gasteiger partial charge in [0.1, 0.15) is 0 Å². The van der Waals surface area contributed by atoms with Crippen LogP contribution in [0.25, 0.3) is 76.8 Å². The van der Waals surface area contributed by atoms with E-state index in [-0.39, 0.29) is 0 Å². The summed E-state index contributed by atoms with van der Waals surface area (Å²) in [6.45, 7) is 2.15. The van der Waals surface area contributed by atoms with Crippen LogP contribution >= 0.6 is 0 Å². The van der Waals surface area contributed by atoms with Crippen LogP contribution in [-0.4, -0.2) is 0 Å². The third-order valence-corrected chi connectivity index (χ3v) is 8.72. The Morgan fingerprint density at radius 2 is 0.837 bits per heavy atom. The summed E-state index contributed by atoms with van der Waals surface area (Å²) < 4.78 is 0. The van der Waals surface area contributed by atoms with Gasteiger partial charge >= 0.3 is 0 Å². The molecule has 0 fully saturated rings. The van der Waals surface area contributed by atoms with Crippen molar-refractivity contribution in [3.63, 3.8) is 0 Å². The maximum absolute atomic E-state index is 2.40. The molecule has 0 radical (unpaired) electrons. The first-order chi connectivity index (χ1) is 21.2. The minimum absolute atomic E-state index is 1.23. The summed E-state index contributed by atoms with van der Waals surface area (Å²) in [6, 6.07) is 59.9. The van der Waals surface area contributed by atoms with Gasteiger partial charge < -0.3 is 0 Å². The maximum Gasteiger partial charge on any atom is -0.00261 e. The first kappa shape index (κ1) is 25.3. The van der Waals surface area contributed by atoms with Gasteiger partial charge in [-0.25, -0.2) is 0 Å². The van der Waals surface area contributed by atoms with E-state index < -0.39 is 0 Å². The number of hydrogen-bond acceptors (Lipinski definition) is 0. The van der Waals surface area contributed by atoms with Crippen LogP contribution in [0.1, 0.15) is 5.56 Å². The predicted octanol–water partition coefficient (Wildman–Crippen LogP) is 12.1. The summed E-state index contributed by atoms with van der Waals surface area (Å²) >= 11 is 0. The largest absolute Gasteiger partial charge is 0.0622 e. The maximum atomic E-state index is 2.40. The Hall–Kier alpha value is -5.46. The summed E-state index contributed by atoms with van der Waals surface area (Å²) in [5.74, 6) is 0. The number of rotatable bonds is 4. The van der Waals surface area contributed by atoms with Crippen LogP contribution in [0.2, 0.25) is 0 Å². The van der Waals surface area contributed by atoms with Gasteiger partial charge in [-0.05, 0) is 95.9 Å². The van der Waals surface area contributed by atoms with Gasteiger partial charge in [0.25, 0.3) is 0 Å². The fourth-order valence-corrected chi connectivity index (χ4v) is 6.65. The van der Waals surface area contributed by atoms with E-state index in [1.807, 2.05) is 0 Å². The molecule has 0 nitrogen and oxygen atoms in total. The van der Waals surface area contributed by atoms with Crippen molar-refractivity contribution in [2.75, 3.05) is 0 Å². The van der Waals surface area contributed by atoms with E-state index in [4.69, 9.17) is 0 Å². The predicted molar refractivity (Wildman–Crippen MR) is 185 cm³/mol. The molecule has 0 aromatic heterocycles. The molecule has 0 aliphatic rings. The van der Waals surface area contributed by atoms with E-state index in [9.17, 15) is 0 Å². The average Bonchev–Trinajstić information content (AvgIpc) is 3.07. The number of aryl methyl sites for hydroxylation is 1.